The summed E-state index contributed by atoms with van der Waals surface area (Å²) >= 11 is 1.30. The van der Waals surface area contributed by atoms with Crippen LogP contribution in [0.25, 0.3) is 10.2 Å². The highest BCUT2D eigenvalue weighted by molar-refractivity contribution is 7.20. The van der Waals surface area contributed by atoms with E-state index in [2.05, 4.69) is 22.1 Å². The molecule has 1 aromatic carbocycles. The fourth-order valence-electron chi connectivity index (χ4n) is 4.31. The molecule has 164 valence electrons. The van der Waals surface area contributed by atoms with E-state index in [1.807, 2.05) is 30.0 Å². The second-order valence-corrected chi connectivity index (χ2v) is 9.31. The number of likely N-dealkylation sites (tertiary alicyclic amines) is 1. The zero-order chi connectivity index (χ0) is 22.2. The van der Waals surface area contributed by atoms with E-state index in [4.69, 9.17) is 4.42 Å². The molecule has 0 aliphatic carbocycles. The van der Waals surface area contributed by atoms with Crippen molar-refractivity contribution >= 4 is 27.5 Å². The highest BCUT2D eigenvalue weighted by atomic mass is 32.1. The molecule has 0 spiro atoms. The average Bonchev–Trinajstić information content (AvgIpc) is 3.41. The second-order valence-electron chi connectivity index (χ2n) is 8.31. The van der Waals surface area contributed by atoms with Gasteiger partial charge in [0.25, 0.3) is 11.5 Å². The second kappa shape index (κ2) is 8.35. The minimum absolute atomic E-state index is 0.0479. The Labute approximate surface area is 189 Å². The van der Waals surface area contributed by atoms with Crippen molar-refractivity contribution in [2.24, 2.45) is 7.05 Å². The van der Waals surface area contributed by atoms with Gasteiger partial charge in [-0.2, -0.15) is 0 Å². The van der Waals surface area contributed by atoms with Gasteiger partial charge in [-0.1, -0.05) is 30.3 Å². The molecule has 32 heavy (non-hydrogen) atoms. The van der Waals surface area contributed by atoms with Gasteiger partial charge < -0.3 is 13.9 Å². The molecule has 1 fully saturated rings. The zero-order valence-electron chi connectivity index (χ0n) is 18.1. The van der Waals surface area contributed by atoms with E-state index < -0.39 is 0 Å². The van der Waals surface area contributed by atoms with Crippen LogP contribution in [0.3, 0.4) is 0 Å². The van der Waals surface area contributed by atoms with E-state index >= 15 is 0 Å². The van der Waals surface area contributed by atoms with Gasteiger partial charge in [0.2, 0.25) is 0 Å². The van der Waals surface area contributed by atoms with Gasteiger partial charge in [-0.25, -0.2) is 9.97 Å². The number of carbonyl (C=O) groups is 1. The van der Waals surface area contributed by atoms with E-state index in [0.29, 0.717) is 46.1 Å². The topological polar surface area (TPSA) is 81.2 Å². The molecule has 1 aliphatic rings. The highest BCUT2D eigenvalue weighted by Crippen LogP contribution is 2.32. The number of hydrogen-bond donors (Lipinski definition) is 0. The van der Waals surface area contributed by atoms with Gasteiger partial charge in [-0.15, -0.1) is 11.3 Å². The first kappa shape index (κ1) is 20.6. The molecular weight excluding hydrogens is 424 g/mol. The summed E-state index contributed by atoms with van der Waals surface area (Å²) in [4.78, 5) is 37.8. The largest absolute Gasteiger partial charge is 0.445 e. The SMILES string of the molecule is Cc1c(C(=O)N2CCC[C@H](c3ncc(Cc4ccccc4)o3)C2)sc2ncn(C)c(=O)c12. The maximum atomic E-state index is 13.4. The van der Waals surface area contributed by atoms with Crippen LogP contribution in [0.2, 0.25) is 0 Å². The maximum absolute atomic E-state index is 13.4. The molecular formula is C24H24N4O3S. The Morgan fingerprint density at radius 2 is 2.06 bits per heavy atom. The molecule has 1 saturated heterocycles. The monoisotopic (exact) mass is 448 g/mol. The van der Waals surface area contributed by atoms with Gasteiger partial charge in [0, 0.05) is 26.6 Å². The predicted molar refractivity (Wildman–Crippen MR) is 123 cm³/mol. The molecule has 1 atom stereocenters. The number of amides is 1. The van der Waals surface area contributed by atoms with Crippen LogP contribution in [0.15, 0.2) is 52.1 Å². The molecule has 0 radical (unpaired) electrons. The summed E-state index contributed by atoms with van der Waals surface area (Å²) in [5, 5.41) is 0.537. The Balaban J connectivity index is 1.35. The molecule has 0 unspecified atom stereocenters. The number of nitrogens with zero attached hydrogens (tertiary/aromatic N) is 4. The van der Waals surface area contributed by atoms with Crippen molar-refractivity contribution in [3.05, 3.63) is 80.9 Å². The minimum Gasteiger partial charge on any atom is -0.445 e. The van der Waals surface area contributed by atoms with Crippen LogP contribution in [0.1, 0.15) is 51.2 Å². The molecule has 0 bridgehead atoms. The molecule has 4 heterocycles. The lowest BCUT2D eigenvalue weighted by Crippen LogP contribution is -2.39. The molecule has 7 nitrogen and oxygen atoms in total. The smallest absolute Gasteiger partial charge is 0.264 e. The Hall–Kier alpha value is -3.26. The van der Waals surface area contributed by atoms with Crippen molar-refractivity contribution in [1.82, 2.24) is 19.4 Å². The molecule has 4 aromatic rings. The van der Waals surface area contributed by atoms with Crippen molar-refractivity contribution in [2.45, 2.75) is 32.1 Å². The Morgan fingerprint density at radius 1 is 1.25 bits per heavy atom. The molecule has 3 aromatic heterocycles. The Kier molecular flexibility index (Phi) is 5.38. The molecule has 1 aliphatic heterocycles. The molecule has 5 rings (SSSR count). The minimum atomic E-state index is -0.120. The summed E-state index contributed by atoms with van der Waals surface area (Å²) in [7, 11) is 1.67. The van der Waals surface area contributed by atoms with Crippen molar-refractivity contribution in [1.29, 1.82) is 0 Å². The first-order valence-electron chi connectivity index (χ1n) is 10.7. The van der Waals surface area contributed by atoms with Crippen LogP contribution < -0.4 is 5.56 Å². The summed E-state index contributed by atoms with van der Waals surface area (Å²) in [5.74, 6) is 1.54. The fraction of sp³-hybridized carbons (Fsp3) is 0.333. The quantitative estimate of drug-likeness (QED) is 0.473. The third-order valence-corrected chi connectivity index (χ3v) is 7.24. The molecule has 1 amide bonds. The van der Waals surface area contributed by atoms with Crippen LogP contribution in [-0.2, 0) is 13.5 Å². The van der Waals surface area contributed by atoms with Crippen LogP contribution in [0.5, 0.6) is 0 Å². The molecule has 0 N–H and O–H groups in total. The number of aromatic nitrogens is 3. The van der Waals surface area contributed by atoms with Gasteiger partial charge >= 0.3 is 0 Å². The first-order valence-corrected chi connectivity index (χ1v) is 11.6. The predicted octanol–water partition coefficient (Wildman–Crippen LogP) is 3.90. The van der Waals surface area contributed by atoms with Gasteiger partial charge in [0.05, 0.1) is 28.7 Å². The van der Waals surface area contributed by atoms with Crippen LogP contribution in [-0.4, -0.2) is 38.4 Å². The lowest BCUT2D eigenvalue weighted by atomic mass is 9.97. The number of aryl methyl sites for hydroxylation is 2. The third kappa shape index (κ3) is 3.75. The van der Waals surface area contributed by atoms with E-state index in [0.717, 1.165) is 18.6 Å². The standard InChI is InChI=1S/C24H24N4O3S/c1-15-19-22(26-14-27(2)23(19)29)32-20(15)24(30)28-10-6-9-17(13-28)21-25-12-18(31-21)11-16-7-4-3-5-8-16/h3-5,7-8,12,14,17H,6,9-11,13H2,1-2H3/t17-/m0/s1. The fourth-order valence-corrected chi connectivity index (χ4v) is 5.42. The summed E-state index contributed by atoms with van der Waals surface area (Å²) in [6, 6.07) is 10.2. The van der Waals surface area contributed by atoms with Gasteiger partial charge in [0.1, 0.15) is 10.6 Å². The number of fused-ring (bicyclic) bond motifs is 1. The van der Waals surface area contributed by atoms with Crippen molar-refractivity contribution in [2.75, 3.05) is 13.1 Å². The normalized spacial score (nSPS) is 16.6. The van der Waals surface area contributed by atoms with Crippen LogP contribution >= 0.6 is 11.3 Å². The number of carbonyl (C=O) groups excluding carboxylic acids is 1. The summed E-state index contributed by atoms with van der Waals surface area (Å²) in [6.45, 7) is 3.08. The summed E-state index contributed by atoms with van der Waals surface area (Å²) < 4.78 is 7.51. The number of piperidine rings is 1. The van der Waals surface area contributed by atoms with E-state index in [1.54, 1.807) is 13.2 Å². The number of hydrogen-bond acceptors (Lipinski definition) is 6. The van der Waals surface area contributed by atoms with E-state index in [1.165, 1.54) is 27.8 Å². The van der Waals surface area contributed by atoms with Crippen LogP contribution in [0.4, 0.5) is 0 Å². The Bertz CT molecular complexity index is 1340. The average molecular weight is 449 g/mol. The molecule has 0 saturated carbocycles. The van der Waals surface area contributed by atoms with Crippen LogP contribution in [0, 0.1) is 6.92 Å². The highest BCUT2D eigenvalue weighted by Gasteiger charge is 2.30. The first-order chi connectivity index (χ1) is 15.5. The van der Waals surface area contributed by atoms with E-state index in [9.17, 15) is 9.59 Å². The van der Waals surface area contributed by atoms with Gasteiger partial charge in [-0.3, -0.25) is 9.59 Å². The van der Waals surface area contributed by atoms with Crippen molar-refractivity contribution < 1.29 is 9.21 Å². The lowest BCUT2D eigenvalue weighted by molar-refractivity contribution is 0.0702. The van der Waals surface area contributed by atoms with Crippen molar-refractivity contribution in [3.63, 3.8) is 0 Å². The molecule has 8 heteroatoms. The summed E-state index contributed by atoms with van der Waals surface area (Å²) in [6.07, 6.45) is 5.81. The number of thiophene rings is 1. The van der Waals surface area contributed by atoms with E-state index in [-0.39, 0.29) is 17.4 Å². The zero-order valence-corrected chi connectivity index (χ0v) is 18.9. The van der Waals surface area contributed by atoms with Crippen molar-refractivity contribution in [3.8, 4) is 0 Å². The number of oxazole rings is 1. The lowest BCUT2D eigenvalue weighted by Gasteiger charge is -2.31. The number of benzene rings is 1. The third-order valence-electron chi connectivity index (χ3n) is 6.06. The number of rotatable bonds is 4. The van der Waals surface area contributed by atoms with Gasteiger partial charge in [-0.05, 0) is 30.9 Å². The summed E-state index contributed by atoms with van der Waals surface area (Å²) in [5.41, 5.74) is 1.77. The maximum Gasteiger partial charge on any atom is 0.264 e. The van der Waals surface area contributed by atoms with Gasteiger partial charge in [0.15, 0.2) is 5.89 Å². The Morgan fingerprint density at radius 3 is 2.88 bits per heavy atom.